The standard InChI is InChI=1S/C20H20ClN3O6S/c1-29-16-11-17(30-2)24(14-9-6-8-13(21)18(14)31(3,27)28)20(22-16)23-19(26)12-7-4-5-10-15(12)25/h4-11,20,25H,1-3H3,(H,23,26). The number of halogens is 1. The molecule has 1 unspecified atom stereocenters. The third-order valence-corrected chi connectivity index (χ3v) is 5.98. The van der Waals surface area contributed by atoms with E-state index in [2.05, 4.69) is 10.3 Å². The van der Waals surface area contributed by atoms with E-state index >= 15 is 0 Å². The molecule has 0 spiro atoms. The van der Waals surface area contributed by atoms with Crippen molar-refractivity contribution in [3.8, 4) is 5.75 Å². The zero-order chi connectivity index (χ0) is 22.8. The first-order valence-corrected chi connectivity index (χ1v) is 11.2. The number of rotatable bonds is 5. The first-order chi connectivity index (χ1) is 14.7. The van der Waals surface area contributed by atoms with Crippen LogP contribution in [0.5, 0.6) is 5.75 Å². The second-order valence-corrected chi connectivity index (χ2v) is 8.81. The van der Waals surface area contributed by atoms with E-state index in [9.17, 15) is 18.3 Å². The molecular formula is C20H20ClN3O6S. The number of para-hydroxylation sites is 1. The summed E-state index contributed by atoms with van der Waals surface area (Å²) in [4.78, 5) is 18.4. The fourth-order valence-electron chi connectivity index (χ4n) is 3.04. The molecule has 2 aromatic rings. The van der Waals surface area contributed by atoms with Gasteiger partial charge in [0.2, 0.25) is 18.1 Å². The predicted octanol–water partition coefficient (Wildman–Crippen LogP) is 2.52. The number of ether oxygens (including phenoxy) is 2. The molecule has 31 heavy (non-hydrogen) atoms. The van der Waals surface area contributed by atoms with Crippen molar-refractivity contribution >= 4 is 38.9 Å². The molecule has 2 aromatic carbocycles. The summed E-state index contributed by atoms with van der Waals surface area (Å²) in [6.07, 6.45) is 1.30. The van der Waals surface area contributed by atoms with Gasteiger partial charge < -0.3 is 19.9 Å². The first-order valence-electron chi connectivity index (χ1n) is 8.91. The summed E-state index contributed by atoms with van der Waals surface area (Å²) in [5.74, 6) is -0.576. The molecule has 0 aromatic heterocycles. The molecule has 1 atom stereocenters. The maximum atomic E-state index is 12.8. The van der Waals surface area contributed by atoms with Crippen LogP contribution in [0.1, 0.15) is 10.4 Å². The van der Waals surface area contributed by atoms with Crippen LogP contribution < -0.4 is 10.2 Å². The number of sulfone groups is 1. The highest BCUT2D eigenvalue weighted by Crippen LogP contribution is 2.36. The molecule has 164 valence electrons. The van der Waals surface area contributed by atoms with E-state index in [0.717, 1.165) is 6.26 Å². The third-order valence-electron chi connectivity index (χ3n) is 4.38. The zero-order valence-corrected chi connectivity index (χ0v) is 18.4. The summed E-state index contributed by atoms with van der Waals surface area (Å²) in [5.41, 5.74) is 0.157. The molecule has 11 heteroatoms. The van der Waals surface area contributed by atoms with Crippen LogP contribution in [0.4, 0.5) is 5.69 Å². The Balaban J connectivity index is 2.14. The number of amides is 1. The Hall–Kier alpha value is -3.24. The van der Waals surface area contributed by atoms with Crippen molar-refractivity contribution in [1.29, 1.82) is 0 Å². The van der Waals surface area contributed by atoms with Crippen LogP contribution >= 0.6 is 11.6 Å². The van der Waals surface area contributed by atoms with Gasteiger partial charge in [-0.25, -0.2) is 13.4 Å². The first kappa shape index (κ1) is 22.4. The highest BCUT2D eigenvalue weighted by atomic mass is 35.5. The van der Waals surface area contributed by atoms with Gasteiger partial charge in [-0.15, -0.1) is 0 Å². The lowest BCUT2D eigenvalue weighted by atomic mass is 10.2. The van der Waals surface area contributed by atoms with Crippen molar-refractivity contribution in [2.45, 2.75) is 11.2 Å². The number of nitrogens with one attached hydrogen (secondary N) is 1. The Morgan fingerprint density at radius 2 is 1.87 bits per heavy atom. The number of anilines is 1. The number of hydrogen-bond donors (Lipinski definition) is 2. The zero-order valence-electron chi connectivity index (χ0n) is 16.9. The second kappa shape index (κ2) is 8.86. The Bertz CT molecular complexity index is 1180. The topological polar surface area (TPSA) is 118 Å². The van der Waals surface area contributed by atoms with Gasteiger partial charge in [-0.2, -0.15) is 0 Å². The number of carbonyl (C=O) groups is 1. The monoisotopic (exact) mass is 465 g/mol. The third kappa shape index (κ3) is 4.59. The van der Waals surface area contributed by atoms with Crippen LogP contribution in [-0.2, 0) is 19.3 Å². The molecule has 0 saturated carbocycles. The fourth-order valence-corrected chi connectivity index (χ4v) is 4.60. The van der Waals surface area contributed by atoms with Gasteiger partial charge in [0.25, 0.3) is 5.91 Å². The molecule has 9 nitrogen and oxygen atoms in total. The maximum absolute atomic E-state index is 12.8. The number of hydrogen-bond acceptors (Lipinski definition) is 8. The van der Waals surface area contributed by atoms with Gasteiger partial charge in [-0.05, 0) is 24.3 Å². The van der Waals surface area contributed by atoms with Crippen LogP contribution in [0.2, 0.25) is 5.02 Å². The van der Waals surface area contributed by atoms with Crippen molar-refractivity contribution in [3.05, 3.63) is 65.0 Å². The molecule has 0 radical (unpaired) electrons. The van der Waals surface area contributed by atoms with Crippen molar-refractivity contribution in [2.75, 3.05) is 25.4 Å². The minimum Gasteiger partial charge on any atom is -0.507 e. The molecule has 0 bridgehead atoms. The maximum Gasteiger partial charge on any atom is 0.258 e. The van der Waals surface area contributed by atoms with E-state index in [1.807, 2.05) is 0 Å². The lowest BCUT2D eigenvalue weighted by Gasteiger charge is -2.35. The van der Waals surface area contributed by atoms with Gasteiger partial charge >= 0.3 is 0 Å². The van der Waals surface area contributed by atoms with Gasteiger partial charge in [0.1, 0.15) is 10.6 Å². The largest absolute Gasteiger partial charge is 0.507 e. The molecule has 1 amide bonds. The van der Waals surface area contributed by atoms with Crippen LogP contribution in [0.15, 0.2) is 64.3 Å². The molecule has 2 N–H and O–H groups in total. The average molecular weight is 466 g/mol. The van der Waals surface area contributed by atoms with Crippen LogP contribution in [0, 0.1) is 0 Å². The van der Waals surface area contributed by atoms with Crippen molar-refractivity contribution in [3.63, 3.8) is 0 Å². The van der Waals surface area contributed by atoms with Crippen LogP contribution in [0.3, 0.4) is 0 Å². The Morgan fingerprint density at radius 3 is 2.48 bits per heavy atom. The lowest BCUT2D eigenvalue weighted by molar-refractivity contribution is 0.0931. The summed E-state index contributed by atoms with van der Waals surface area (Å²) in [6.45, 7) is 0. The minimum absolute atomic E-state index is 0.00255. The van der Waals surface area contributed by atoms with Crippen molar-refractivity contribution in [2.24, 2.45) is 4.99 Å². The highest BCUT2D eigenvalue weighted by Gasteiger charge is 2.34. The summed E-state index contributed by atoms with van der Waals surface area (Å²) < 4.78 is 35.6. The summed E-state index contributed by atoms with van der Waals surface area (Å²) in [7, 11) is -0.994. The molecule has 3 rings (SSSR count). The SMILES string of the molecule is COC1=CC(OC)=NC(NC(=O)c2ccccc2O)N1c1cccc(Cl)c1S(C)(=O)=O. The van der Waals surface area contributed by atoms with E-state index in [1.165, 1.54) is 49.5 Å². The van der Waals surface area contributed by atoms with Gasteiger partial charge in [0.05, 0.1) is 36.6 Å². The summed E-state index contributed by atoms with van der Waals surface area (Å²) in [5, 5.41) is 12.7. The normalized spacial score (nSPS) is 16.3. The Morgan fingerprint density at radius 1 is 1.16 bits per heavy atom. The molecular weight excluding hydrogens is 446 g/mol. The van der Waals surface area contributed by atoms with Crippen molar-refractivity contribution < 1.29 is 27.8 Å². The molecule has 0 aliphatic carbocycles. The summed E-state index contributed by atoms with van der Waals surface area (Å²) in [6, 6.07) is 10.5. The fraction of sp³-hybridized carbons (Fsp3) is 0.200. The number of aliphatic imine (C=N–C) groups is 1. The number of benzene rings is 2. The number of carbonyl (C=O) groups excluding carboxylic acids is 1. The highest BCUT2D eigenvalue weighted by molar-refractivity contribution is 7.91. The summed E-state index contributed by atoms with van der Waals surface area (Å²) >= 11 is 6.20. The Labute approximate surface area is 184 Å². The quantitative estimate of drug-likeness (QED) is 0.696. The Kier molecular flexibility index (Phi) is 6.42. The number of aromatic hydroxyl groups is 1. The molecule has 0 saturated heterocycles. The smallest absolute Gasteiger partial charge is 0.258 e. The van der Waals surface area contributed by atoms with Crippen LogP contribution in [0.25, 0.3) is 0 Å². The molecule has 0 fully saturated rings. The lowest BCUT2D eigenvalue weighted by Crippen LogP contribution is -2.50. The van der Waals surface area contributed by atoms with E-state index in [0.29, 0.717) is 0 Å². The van der Waals surface area contributed by atoms with E-state index in [4.69, 9.17) is 21.1 Å². The molecule has 1 aliphatic heterocycles. The molecule has 1 heterocycles. The van der Waals surface area contributed by atoms with Gasteiger partial charge in [0.15, 0.2) is 9.84 Å². The van der Waals surface area contributed by atoms with Gasteiger partial charge in [-0.3, -0.25) is 9.69 Å². The second-order valence-electron chi connectivity index (χ2n) is 6.45. The van der Waals surface area contributed by atoms with E-state index in [1.54, 1.807) is 18.2 Å². The number of nitrogens with zero attached hydrogens (tertiary/aromatic N) is 2. The van der Waals surface area contributed by atoms with Crippen LogP contribution in [-0.4, -0.2) is 52.1 Å². The average Bonchev–Trinajstić information content (AvgIpc) is 2.72. The number of methoxy groups -OCH3 is 2. The predicted molar refractivity (Wildman–Crippen MR) is 116 cm³/mol. The number of phenols is 1. The molecule has 1 aliphatic rings. The minimum atomic E-state index is -3.76. The number of phenolic OH excluding ortho intramolecular Hbond substituents is 1. The van der Waals surface area contributed by atoms with Crippen molar-refractivity contribution in [1.82, 2.24) is 5.32 Å². The van der Waals surface area contributed by atoms with E-state index in [-0.39, 0.29) is 38.7 Å². The van der Waals surface area contributed by atoms with Gasteiger partial charge in [0, 0.05) is 6.26 Å². The van der Waals surface area contributed by atoms with E-state index < -0.39 is 22.0 Å². The van der Waals surface area contributed by atoms with Gasteiger partial charge in [-0.1, -0.05) is 29.8 Å².